The molecule has 0 radical (unpaired) electrons. The van der Waals surface area contributed by atoms with Gasteiger partial charge in [0.25, 0.3) is 0 Å². The molecule has 0 aliphatic rings. The number of methoxy groups -OCH3 is 2. The van der Waals surface area contributed by atoms with Crippen molar-refractivity contribution in [2.75, 3.05) is 19.5 Å². The van der Waals surface area contributed by atoms with Crippen molar-refractivity contribution in [1.82, 2.24) is 14.6 Å². The zero-order chi connectivity index (χ0) is 16.9. The number of rotatable bonds is 5. The van der Waals surface area contributed by atoms with Gasteiger partial charge in [0.2, 0.25) is 0 Å². The van der Waals surface area contributed by atoms with Crippen LogP contribution in [0.25, 0.3) is 5.65 Å². The summed E-state index contributed by atoms with van der Waals surface area (Å²) >= 11 is 0. The maximum Gasteiger partial charge on any atom is 0.193 e. The van der Waals surface area contributed by atoms with E-state index in [4.69, 9.17) is 15.2 Å². The maximum atomic E-state index is 5.99. The number of hydrogen-bond donors (Lipinski definition) is 2. The molecule has 0 unspecified atom stereocenters. The first-order chi connectivity index (χ1) is 11.7. The van der Waals surface area contributed by atoms with Crippen LogP contribution in [0.4, 0.5) is 5.69 Å². The number of aliphatic imine (C=N–C) groups is 1. The Morgan fingerprint density at radius 2 is 2.08 bits per heavy atom. The van der Waals surface area contributed by atoms with Gasteiger partial charge < -0.3 is 20.5 Å². The highest BCUT2D eigenvalue weighted by Gasteiger charge is 2.07. The van der Waals surface area contributed by atoms with E-state index >= 15 is 0 Å². The van der Waals surface area contributed by atoms with Crippen molar-refractivity contribution in [3.05, 3.63) is 48.4 Å². The summed E-state index contributed by atoms with van der Waals surface area (Å²) < 4.78 is 12.2. The van der Waals surface area contributed by atoms with Crippen LogP contribution in [0, 0.1) is 0 Å². The van der Waals surface area contributed by atoms with Crippen molar-refractivity contribution in [1.29, 1.82) is 0 Å². The number of ether oxygens (including phenoxy) is 2. The molecule has 3 rings (SSSR count). The fourth-order valence-corrected chi connectivity index (χ4v) is 2.26. The van der Waals surface area contributed by atoms with E-state index in [2.05, 4.69) is 20.4 Å². The Morgan fingerprint density at radius 3 is 2.88 bits per heavy atom. The second-order valence-corrected chi connectivity index (χ2v) is 4.93. The van der Waals surface area contributed by atoms with E-state index in [1.165, 1.54) is 0 Å². The normalized spacial score (nSPS) is 11.5. The van der Waals surface area contributed by atoms with E-state index in [1.54, 1.807) is 43.3 Å². The molecule has 0 saturated carbocycles. The Bertz CT molecular complexity index is 874. The zero-order valence-corrected chi connectivity index (χ0v) is 13.4. The molecule has 2 aromatic heterocycles. The monoisotopic (exact) mass is 326 g/mol. The molecule has 0 amide bonds. The van der Waals surface area contributed by atoms with Crippen molar-refractivity contribution in [3.8, 4) is 11.5 Å². The van der Waals surface area contributed by atoms with Gasteiger partial charge in [-0.2, -0.15) is 5.10 Å². The quantitative estimate of drug-likeness (QED) is 0.546. The van der Waals surface area contributed by atoms with Crippen LogP contribution in [0.15, 0.2) is 47.7 Å². The van der Waals surface area contributed by atoms with Crippen LogP contribution in [0.3, 0.4) is 0 Å². The van der Waals surface area contributed by atoms with Crippen LogP contribution < -0.4 is 20.5 Å². The maximum absolute atomic E-state index is 5.99. The molecule has 0 fully saturated rings. The summed E-state index contributed by atoms with van der Waals surface area (Å²) in [5.41, 5.74) is 8.31. The Labute approximate surface area is 138 Å². The number of guanidine groups is 1. The van der Waals surface area contributed by atoms with E-state index in [-0.39, 0.29) is 5.96 Å². The molecule has 0 aliphatic carbocycles. The summed E-state index contributed by atoms with van der Waals surface area (Å²) in [6.07, 6.45) is 3.41. The van der Waals surface area contributed by atoms with Crippen molar-refractivity contribution < 1.29 is 9.47 Å². The fraction of sp³-hybridized carbons (Fsp3) is 0.188. The lowest BCUT2D eigenvalue weighted by Gasteiger charge is -2.12. The minimum atomic E-state index is 0.263. The van der Waals surface area contributed by atoms with Gasteiger partial charge >= 0.3 is 0 Å². The molecule has 0 bridgehead atoms. The lowest BCUT2D eigenvalue weighted by molar-refractivity contribution is 0.405. The number of nitrogens with one attached hydrogen (secondary N) is 1. The van der Waals surface area contributed by atoms with E-state index in [1.807, 2.05) is 18.2 Å². The molecule has 8 nitrogen and oxygen atoms in total. The van der Waals surface area contributed by atoms with E-state index in [0.717, 1.165) is 11.3 Å². The van der Waals surface area contributed by atoms with Gasteiger partial charge in [-0.05, 0) is 18.2 Å². The molecule has 1 aromatic carbocycles. The third-order valence-electron chi connectivity index (χ3n) is 3.45. The van der Waals surface area contributed by atoms with Crippen LogP contribution >= 0.6 is 0 Å². The lowest BCUT2D eigenvalue weighted by Crippen LogP contribution is -2.23. The number of benzene rings is 1. The average Bonchev–Trinajstić information content (AvgIpc) is 3.09. The second-order valence-electron chi connectivity index (χ2n) is 4.93. The summed E-state index contributed by atoms with van der Waals surface area (Å²) in [6.45, 7) is 0.367. The molecule has 0 saturated heterocycles. The molecular weight excluding hydrogens is 308 g/mol. The summed E-state index contributed by atoms with van der Waals surface area (Å²) in [7, 11) is 3.19. The van der Waals surface area contributed by atoms with Gasteiger partial charge in [-0.15, -0.1) is 0 Å². The number of fused-ring (bicyclic) bond motifs is 1. The molecule has 8 heteroatoms. The molecule has 24 heavy (non-hydrogen) atoms. The third kappa shape index (κ3) is 3.22. The van der Waals surface area contributed by atoms with Crippen LogP contribution in [-0.2, 0) is 6.54 Å². The predicted octanol–water partition coefficient (Wildman–Crippen LogP) is 1.67. The average molecular weight is 326 g/mol. The number of hydrogen-bond acceptors (Lipinski definition) is 5. The minimum Gasteiger partial charge on any atom is -0.497 e. The second kappa shape index (κ2) is 6.86. The van der Waals surface area contributed by atoms with Gasteiger partial charge in [-0.1, -0.05) is 0 Å². The van der Waals surface area contributed by atoms with Crippen LogP contribution in [0.1, 0.15) is 5.69 Å². The number of nitrogens with two attached hydrogens (primary N) is 1. The van der Waals surface area contributed by atoms with Crippen molar-refractivity contribution >= 4 is 17.3 Å². The summed E-state index contributed by atoms with van der Waals surface area (Å²) in [6, 6.07) is 9.07. The van der Waals surface area contributed by atoms with Gasteiger partial charge in [-0.3, -0.25) is 0 Å². The van der Waals surface area contributed by atoms with Crippen molar-refractivity contribution in [2.45, 2.75) is 6.54 Å². The molecule has 3 aromatic rings. The fourth-order valence-electron chi connectivity index (χ4n) is 2.26. The predicted molar refractivity (Wildman–Crippen MR) is 91.5 cm³/mol. The van der Waals surface area contributed by atoms with E-state index in [9.17, 15) is 0 Å². The number of anilines is 1. The number of aromatic nitrogens is 3. The molecule has 2 heterocycles. The lowest BCUT2D eigenvalue weighted by atomic mass is 10.2. The first-order valence-electron chi connectivity index (χ1n) is 7.28. The third-order valence-corrected chi connectivity index (χ3v) is 3.45. The van der Waals surface area contributed by atoms with Gasteiger partial charge in [0.1, 0.15) is 11.5 Å². The van der Waals surface area contributed by atoms with E-state index < -0.39 is 0 Å². The largest absolute Gasteiger partial charge is 0.497 e. The molecular formula is C16H18N6O2. The first-order valence-corrected chi connectivity index (χ1v) is 7.28. The summed E-state index contributed by atoms with van der Waals surface area (Å²) in [5, 5.41) is 7.24. The smallest absolute Gasteiger partial charge is 0.193 e. The van der Waals surface area contributed by atoms with Crippen molar-refractivity contribution in [3.63, 3.8) is 0 Å². The van der Waals surface area contributed by atoms with Gasteiger partial charge in [0, 0.05) is 18.3 Å². The topological polar surface area (TPSA) is 99.1 Å². The molecule has 0 atom stereocenters. The van der Waals surface area contributed by atoms with Crippen LogP contribution in [0.2, 0.25) is 0 Å². The standard InChI is InChI=1S/C16H18N6O2/c1-23-12-3-4-14(24-2)13(9-12)21-16(17)19-10-11-5-7-18-15-6-8-20-22(11)15/h3-9H,10H2,1-2H3,(H3,17,19,21). The van der Waals surface area contributed by atoms with Crippen molar-refractivity contribution in [2.24, 2.45) is 10.7 Å². The zero-order valence-electron chi connectivity index (χ0n) is 13.4. The SMILES string of the molecule is COc1ccc(OC)c(NC(N)=NCc2ccnc3ccnn23)c1. The van der Waals surface area contributed by atoms with Gasteiger partial charge in [0.05, 0.1) is 38.3 Å². The highest BCUT2D eigenvalue weighted by Crippen LogP contribution is 2.28. The Kier molecular flexibility index (Phi) is 4.46. The summed E-state index contributed by atoms with van der Waals surface area (Å²) in [5.74, 6) is 1.60. The van der Waals surface area contributed by atoms with E-state index in [0.29, 0.717) is 23.7 Å². The molecule has 3 N–H and O–H groups in total. The molecule has 0 spiro atoms. The molecule has 124 valence electrons. The van der Waals surface area contributed by atoms with Crippen LogP contribution in [-0.4, -0.2) is 34.8 Å². The minimum absolute atomic E-state index is 0.263. The Balaban J connectivity index is 1.78. The van der Waals surface area contributed by atoms with Gasteiger partial charge in [-0.25, -0.2) is 14.5 Å². The highest BCUT2D eigenvalue weighted by molar-refractivity contribution is 5.94. The Morgan fingerprint density at radius 1 is 1.21 bits per heavy atom. The van der Waals surface area contributed by atoms with Gasteiger partial charge in [0.15, 0.2) is 11.6 Å². The number of nitrogens with zero attached hydrogens (tertiary/aromatic N) is 4. The Hall–Kier alpha value is -3.29. The highest BCUT2D eigenvalue weighted by atomic mass is 16.5. The first kappa shape index (κ1) is 15.6. The summed E-state index contributed by atoms with van der Waals surface area (Å²) in [4.78, 5) is 8.56. The molecule has 0 aliphatic heterocycles. The van der Waals surface area contributed by atoms with Crippen LogP contribution in [0.5, 0.6) is 11.5 Å².